The fourth-order valence-electron chi connectivity index (χ4n) is 3.60. The van der Waals surface area contributed by atoms with Crippen LogP contribution in [-0.4, -0.2) is 35.8 Å². The van der Waals surface area contributed by atoms with Gasteiger partial charge in [0.2, 0.25) is 11.8 Å². The highest BCUT2D eigenvalue weighted by molar-refractivity contribution is 5.97. The Kier molecular flexibility index (Phi) is 8.00. The summed E-state index contributed by atoms with van der Waals surface area (Å²) >= 11 is 0. The fourth-order valence-corrected chi connectivity index (χ4v) is 3.60. The van der Waals surface area contributed by atoms with Crippen LogP contribution in [-0.2, 0) is 9.59 Å². The van der Waals surface area contributed by atoms with E-state index in [-0.39, 0.29) is 11.8 Å². The normalized spacial score (nSPS) is 15.0. The summed E-state index contributed by atoms with van der Waals surface area (Å²) in [6, 6.07) is 14.4. The molecule has 164 valence electrons. The Labute approximate surface area is 182 Å². The lowest BCUT2D eigenvalue weighted by Gasteiger charge is -2.27. The molecule has 8 nitrogen and oxygen atoms in total. The van der Waals surface area contributed by atoms with Gasteiger partial charge in [0, 0.05) is 30.0 Å². The molecule has 1 atom stereocenters. The number of amides is 2. The Morgan fingerprint density at radius 2 is 2.00 bits per heavy atom. The van der Waals surface area contributed by atoms with Gasteiger partial charge in [0.1, 0.15) is 6.04 Å². The molecule has 0 radical (unpaired) electrons. The van der Waals surface area contributed by atoms with E-state index in [1.807, 2.05) is 55.5 Å². The number of nitrogens with zero attached hydrogens (tertiary/aromatic N) is 2. The van der Waals surface area contributed by atoms with Crippen molar-refractivity contribution < 1.29 is 14.8 Å². The van der Waals surface area contributed by atoms with Crippen molar-refractivity contribution in [1.82, 2.24) is 5.59 Å². The molecule has 1 fully saturated rings. The molecule has 0 spiro atoms. The lowest BCUT2D eigenvalue weighted by atomic mass is 10.1. The van der Waals surface area contributed by atoms with Crippen molar-refractivity contribution in [3.8, 4) is 0 Å². The molecule has 3 rings (SSSR count). The number of carbonyl (C=O) groups excluding carboxylic acids is 2. The number of carbonyl (C=O) groups is 2. The van der Waals surface area contributed by atoms with Crippen LogP contribution in [0.5, 0.6) is 0 Å². The first-order chi connectivity index (χ1) is 15.1. The summed E-state index contributed by atoms with van der Waals surface area (Å²) in [5.74, 6) is 0.0250. The molecule has 31 heavy (non-hydrogen) atoms. The van der Waals surface area contributed by atoms with Crippen LogP contribution in [0.25, 0.3) is 0 Å². The summed E-state index contributed by atoms with van der Waals surface area (Å²) in [6.07, 6.45) is 5.54. The van der Waals surface area contributed by atoms with E-state index < -0.39 is 6.04 Å². The Hall–Kier alpha value is -3.39. The molecular weight excluding hydrogens is 394 g/mol. The van der Waals surface area contributed by atoms with E-state index >= 15 is 0 Å². The van der Waals surface area contributed by atoms with Crippen molar-refractivity contribution in [2.75, 3.05) is 22.1 Å². The van der Waals surface area contributed by atoms with E-state index in [2.05, 4.69) is 15.7 Å². The van der Waals surface area contributed by atoms with E-state index in [9.17, 15) is 9.59 Å². The second kappa shape index (κ2) is 11.1. The Bertz CT molecular complexity index is 914. The summed E-state index contributed by atoms with van der Waals surface area (Å²) in [4.78, 5) is 26.8. The van der Waals surface area contributed by atoms with Crippen molar-refractivity contribution in [1.29, 1.82) is 0 Å². The first-order valence-corrected chi connectivity index (χ1v) is 10.6. The number of piperidine rings is 1. The topological polar surface area (TPSA) is 106 Å². The highest BCUT2D eigenvalue weighted by atomic mass is 16.5. The molecule has 1 heterocycles. The summed E-state index contributed by atoms with van der Waals surface area (Å²) in [5.41, 5.74) is 4.86. The molecule has 2 aromatic rings. The predicted molar refractivity (Wildman–Crippen MR) is 123 cm³/mol. The first kappa shape index (κ1) is 22.3. The molecular formula is C23H29N5O3. The minimum absolute atomic E-state index is 0.125. The summed E-state index contributed by atoms with van der Waals surface area (Å²) in [5, 5.41) is 18.4. The number of hydrogen-bond donors (Lipinski definition) is 4. The summed E-state index contributed by atoms with van der Waals surface area (Å²) < 4.78 is 0. The zero-order valence-corrected chi connectivity index (χ0v) is 17.7. The SMILES string of the molecule is CCC[C@H](Nc1cccc(/C=N\NO)c1)C(=O)Nc1ccc(N2CCCCC2=O)cc1. The third kappa shape index (κ3) is 6.29. The highest BCUT2D eigenvalue weighted by Crippen LogP contribution is 2.23. The maximum absolute atomic E-state index is 12.9. The van der Waals surface area contributed by atoms with Crippen molar-refractivity contribution in [2.24, 2.45) is 5.10 Å². The molecule has 1 aliphatic heterocycles. The lowest BCUT2D eigenvalue weighted by molar-refractivity contribution is -0.119. The van der Waals surface area contributed by atoms with Crippen LogP contribution in [0, 0.1) is 0 Å². The van der Waals surface area contributed by atoms with Crippen LogP contribution >= 0.6 is 0 Å². The van der Waals surface area contributed by atoms with Gasteiger partial charge in [-0.1, -0.05) is 25.5 Å². The van der Waals surface area contributed by atoms with Gasteiger partial charge in [-0.3, -0.25) is 14.8 Å². The maximum Gasteiger partial charge on any atom is 0.246 e. The molecule has 0 aliphatic carbocycles. The molecule has 2 aromatic carbocycles. The van der Waals surface area contributed by atoms with Crippen LogP contribution in [0.4, 0.5) is 17.1 Å². The average molecular weight is 424 g/mol. The van der Waals surface area contributed by atoms with Gasteiger partial charge in [0.05, 0.1) is 6.21 Å². The second-order valence-electron chi connectivity index (χ2n) is 7.51. The van der Waals surface area contributed by atoms with Gasteiger partial charge >= 0.3 is 0 Å². The fraction of sp³-hybridized carbons (Fsp3) is 0.348. The molecule has 2 amide bonds. The minimum Gasteiger partial charge on any atom is -0.374 e. The van der Waals surface area contributed by atoms with E-state index in [4.69, 9.17) is 5.21 Å². The predicted octanol–water partition coefficient (Wildman–Crippen LogP) is 3.74. The number of nitrogens with one attached hydrogen (secondary N) is 3. The smallest absolute Gasteiger partial charge is 0.246 e. The van der Waals surface area contributed by atoms with Crippen LogP contribution in [0.15, 0.2) is 53.6 Å². The van der Waals surface area contributed by atoms with E-state index in [0.29, 0.717) is 18.5 Å². The molecule has 1 saturated heterocycles. The van der Waals surface area contributed by atoms with Gasteiger partial charge in [-0.2, -0.15) is 10.7 Å². The van der Waals surface area contributed by atoms with E-state index in [0.717, 1.165) is 42.7 Å². The zero-order chi connectivity index (χ0) is 22.1. The molecule has 0 unspecified atom stereocenters. The zero-order valence-electron chi connectivity index (χ0n) is 17.7. The Morgan fingerprint density at radius 1 is 1.19 bits per heavy atom. The number of anilines is 3. The molecule has 0 saturated carbocycles. The standard InChI is InChI=1S/C23H29N5O3/c1-2-6-21(25-19-8-5-7-17(15-19)16-24-27-31)23(30)26-18-10-12-20(13-11-18)28-14-4-3-9-22(28)29/h5,7-8,10-13,15-16,21,25,27,31H,2-4,6,9,14H2,1H3,(H,26,30)/b24-16-/t21-/m0/s1. The van der Waals surface area contributed by atoms with Gasteiger partial charge in [0.15, 0.2) is 0 Å². The van der Waals surface area contributed by atoms with Crippen molar-refractivity contribution in [3.63, 3.8) is 0 Å². The molecule has 0 bridgehead atoms. The monoisotopic (exact) mass is 423 g/mol. The van der Waals surface area contributed by atoms with Gasteiger partial charge in [-0.05, 0) is 61.2 Å². The van der Waals surface area contributed by atoms with Gasteiger partial charge in [0.25, 0.3) is 0 Å². The van der Waals surface area contributed by atoms with Crippen LogP contribution < -0.4 is 21.1 Å². The number of hydrazone groups is 1. The molecule has 4 N–H and O–H groups in total. The van der Waals surface area contributed by atoms with Crippen molar-refractivity contribution >= 4 is 35.1 Å². The first-order valence-electron chi connectivity index (χ1n) is 10.6. The van der Waals surface area contributed by atoms with Crippen molar-refractivity contribution in [3.05, 3.63) is 54.1 Å². The summed E-state index contributed by atoms with van der Waals surface area (Å²) in [7, 11) is 0. The van der Waals surface area contributed by atoms with Gasteiger partial charge in [-0.25, -0.2) is 0 Å². The third-order valence-electron chi connectivity index (χ3n) is 5.16. The van der Waals surface area contributed by atoms with E-state index in [1.165, 1.54) is 6.21 Å². The largest absolute Gasteiger partial charge is 0.374 e. The van der Waals surface area contributed by atoms with Crippen LogP contribution in [0.1, 0.15) is 44.6 Å². The van der Waals surface area contributed by atoms with Crippen LogP contribution in [0.3, 0.4) is 0 Å². The third-order valence-corrected chi connectivity index (χ3v) is 5.16. The van der Waals surface area contributed by atoms with E-state index in [1.54, 1.807) is 10.5 Å². The Morgan fingerprint density at radius 3 is 2.71 bits per heavy atom. The molecule has 0 aromatic heterocycles. The quantitative estimate of drug-likeness (QED) is 0.363. The molecule has 8 heteroatoms. The lowest BCUT2D eigenvalue weighted by Crippen LogP contribution is -2.35. The highest BCUT2D eigenvalue weighted by Gasteiger charge is 2.20. The minimum atomic E-state index is -0.406. The van der Waals surface area contributed by atoms with Gasteiger partial charge < -0.3 is 15.5 Å². The molecule has 1 aliphatic rings. The number of hydrogen-bond acceptors (Lipinski definition) is 6. The number of rotatable bonds is 9. The van der Waals surface area contributed by atoms with Gasteiger partial charge in [-0.15, -0.1) is 0 Å². The number of benzene rings is 2. The summed E-state index contributed by atoms with van der Waals surface area (Å²) in [6.45, 7) is 2.77. The van der Waals surface area contributed by atoms with Crippen molar-refractivity contribution in [2.45, 2.75) is 45.1 Å². The Balaban J connectivity index is 1.65. The second-order valence-corrected chi connectivity index (χ2v) is 7.51. The maximum atomic E-state index is 12.9. The average Bonchev–Trinajstić information content (AvgIpc) is 2.78. The van der Waals surface area contributed by atoms with Crippen LogP contribution in [0.2, 0.25) is 0 Å².